The summed E-state index contributed by atoms with van der Waals surface area (Å²) in [7, 11) is 3.09. The number of hydrogen-bond donors (Lipinski definition) is 3. The zero-order chi connectivity index (χ0) is 21.7. The second-order valence-electron chi connectivity index (χ2n) is 6.50. The molecule has 0 fully saturated rings. The van der Waals surface area contributed by atoms with Crippen LogP contribution in [0.25, 0.3) is 10.9 Å². The van der Waals surface area contributed by atoms with Crippen LogP contribution in [0.3, 0.4) is 0 Å². The minimum Gasteiger partial charge on any atom is -0.493 e. The second-order valence-corrected chi connectivity index (χ2v) is 7.33. The maximum absolute atomic E-state index is 12.7. The molecule has 3 aromatic rings. The average molecular weight is 448 g/mol. The quantitative estimate of drug-likeness (QED) is 0.478. The number of fused-ring (bicyclic) bond motifs is 1. The molecule has 0 radical (unpaired) electrons. The third kappa shape index (κ3) is 5.02. The van der Waals surface area contributed by atoms with Gasteiger partial charge in [-0.3, -0.25) is 4.79 Å². The van der Waals surface area contributed by atoms with Gasteiger partial charge in [0.15, 0.2) is 16.6 Å². The summed E-state index contributed by atoms with van der Waals surface area (Å²) in [6, 6.07) is 12.4. The Balaban J connectivity index is 1.89. The molecule has 9 heteroatoms. The number of H-pyrrole nitrogens is 1. The largest absolute Gasteiger partial charge is 0.493 e. The third-order valence-corrected chi connectivity index (χ3v) is 5.11. The third-order valence-electron chi connectivity index (χ3n) is 4.52. The Hall–Kier alpha value is -2.81. The van der Waals surface area contributed by atoms with Gasteiger partial charge in [0.2, 0.25) is 0 Å². The molecule has 7 nitrogen and oxygen atoms in total. The van der Waals surface area contributed by atoms with Crippen molar-refractivity contribution in [2.75, 3.05) is 32.7 Å². The first kappa shape index (κ1) is 21.9. The van der Waals surface area contributed by atoms with E-state index in [2.05, 4.69) is 10.3 Å². The first-order chi connectivity index (χ1) is 14.4. The molecule has 0 aliphatic carbocycles. The fourth-order valence-corrected chi connectivity index (χ4v) is 3.51. The number of methoxy groups -OCH3 is 2. The minimum absolute atomic E-state index is 0.117. The van der Waals surface area contributed by atoms with Crippen LogP contribution in [0.2, 0.25) is 5.02 Å². The highest BCUT2D eigenvalue weighted by molar-refractivity contribution is 7.80. The van der Waals surface area contributed by atoms with Gasteiger partial charge in [0.05, 0.1) is 32.9 Å². The number of aliphatic hydroxyl groups excluding tert-OH is 1. The number of anilines is 1. The van der Waals surface area contributed by atoms with E-state index in [9.17, 15) is 9.90 Å². The number of rotatable bonds is 7. The number of hydrogen-bond acceptors (Lipinski definition) is 5. The van der Waals surface area contributed by atoms with Crippen molar-refractivity contribution in [3.63, 3.8) is 0 Å². The van der Waals surface area contributed by atoms with Crippen molar-refractivity contribution in [1.82, 2.24) is 9.88 Å². The fourth-order valence-electron chi connectivity index (χ4n) is 3.04. The average Bonchev–Trinajstić information content (AvgIpc) is 2.72. The van der Waals surface area contributed by atoms with E-state index in [1.807, 2.05) is 6.07 Å². The number of benzene rings is 2. The molecule has 0 spiro atoms. The molecule has 1 aromatic heterocycles. The van der Waals surface area contributed by atoms with Gasteiger partial charge in [-0.15, -0.1) is 0 Å². The number of aromatic amines is 1. The van der Waals surface area contributed by atoms with E-state index < -0.39 is 0 Å². The Morgan fingerprint density at radius 2 is 1.93 bits per heavy atom. The van der Waals surface area contributed by atoms with Gasteiger partial charge in [-0.05, 0) is 42.5 Å². The van der Waals surface area contributed by atoms with Crippen molar-refractivity contribution >= 4 is 45.5 Å². The molecule has 2 aromatic carbocycles. The van der Waals surface area contributed by atoms with Gasteiger partial charge in [0, 0.05) is 34.3 Å². The summed E-state index contributed by atoms with van der Waals surface area (Å²) in [4.78, 5) is 17.2. The maximum atomic E-state index is 12.7. The lowest BCUT2D eigenvalue weighted by Gasteiger charge is -2.25. The molecular formula is C21H22ClN3O4S. The summed E-state index contributed by atoms with van der Waals surface area (Å²) in [5.74, 6) is 1.09. The summed E-state index contributed by atoms with van der Waals surface area (Å²) in [5, 5.41) is 14.3. The van der Waals surface area contributed by atoms with Gasteiger partial charge >= 0.3 is 0 Å². The highest BCUT2D eigenvalue weighted by Gasteiger charge is 2.15. The first-order valence-corrected chi connectivity index (χ1v) is 9.94. The number of aromatic nitrogens is 1. The lowest BCUT2D eigenvalue weighted by molar-refractivity contribution is 0.248. The van der Waals surface area contributed by atoms with E-state index in [-0.39, 0.29) is 25.3 Å². The van der Waals surface area contributed by atoms with Gasteiger partial charge in [0.1, 0.15) is 0 Å². The van der Waals surface area contributed by atoms with E-state index >= 15 is 0 Å². The number of thiocarbonyl (C=S) groups is 1. The Labute approximate surface area is 184 Å². The van der Waals surface area contributed by atoms with Gasteiger partial charge < -0.3 is 29.8 Å². The topological polar surface area (TPSA) is 86.8 Å². The lowest BCUT2D eigenvalue weighted by atomic mass is 10.1. The molecule has 0 amide bonds. The summed E-state index contributed by atoms with van der Waals surface area (Å²) in [6.45, 7) is 0.357. The van der Waals surface area contributed by atoms with Crippen LogP contribution in [-0.2, 0) is 6.54 Å². The SMILES string of the molecule is COc1cc2cc(CN(CCO)C(=S)Nc3cccc(Cl)c3)c(=O)[nH]c2cc1OC. The van der Waals surface area contributed by atoms with Crippen LogP contribution in [0.15, 0.2) is 47.3 Å². The van der Waals surface area contributed by atoms with Gasteiger partial charge in [0.25, 0.3) is 5.56 Å². The highest BCUT2D eigenvalue weighted by atomic mass is 35.5. The van der Waals surface area contributed by atoms with Crippen molar-refractivity contribution < 1.29 is 14.6 Å². The smallest absolute Gasteiger partial charge is 0.253 e. The highest BCUT2D eigenvalue weighted by Crippen LogP contribution is 2.31. The first-order valence-electron chi connectivity index (χ1n) is 9.15. The van der Waals surface area contributed by atoms with Crippen LogP contribution >= 0.6 is 23.8 Å². The predicted molar refractivity (Wildman–Crippen MR) is 123 cm³/mol. The predicted octanol–water partition coefficient (Wildman–Crippen LogP) is 3.39. The minimum atomic E-state index is -0.247. The van der Waals surface area contributed by atoms with Crippen molar-refractivity contribution in [3.05, 3.63) is 63.4 Å². The van der Waals surface area contributed by atoms with Crippen molar-refractivity contribution in [1.29, 1.82) is 0 Å². The summed E-state index contributed by atoms with van der Waals surface area (Å²) in [5.41, 5.74) is 1.61. The number of pyridine rings is 1. The molecule has 0 saturated carbocycles. The molecular weight excluding hydrogens is 426 g/mol. The van der Waals surface area contributed by atoms with Crippen molar-refractivity contribution in [3.8, 4) is 11.5 Å². The number of nitrogens with one attached hydrogen (secondary N) is 2. The van der Waals surface area contributed by atoms with Gasteiger partial charge in [-0.25, -0.2) is 0 Å². The number of ether oxygens (including phenoxy) is 2. The van der Waals surface area contributed by atoms with E-state index in [4.69, 9.17) is 33.3 Å². The molecule has 0 saturated heterocycles. The standard InChI is InChI=1S/C21H22ClN3O4S/c1-28-18-9-13-8-14(20(27)24-17(13)11-19(18)29-2)12-25(6-7-26)21(30)23-16-5-3-4-15(22)10-16/h3-5,8-11,26H,6-7,12H2,1-2H3,(H,23,30)(H,24,27). The van der Waals surface area contributed by atoms with Crippen LogP contribution in [-0.4, -0.2) is 47.5 Å². The Kier molecular flexibility index (Phi) is 7.15. The van der Waals surface area contributed by atoms with Crippen molar-refractivity contribution in [2.45, 2.75) is 6.54 Å². The lowest BCUT2D eigenvalue weighted by Crippen LogP contribution is -2.37. The van der Waals surface area contributed by atoms with Crippen LogP contribution in [0.5, 0.6) is 11.5 Å². The molecule has 0 aliphatic heterocycles. The zero-order valence-corrected chi connectivity index (χ0v) is 18.1. The van der Waals surface area contributed by atoms with Crippen LogP contribution < -0.4 is 20.3 Å². The van der Waals surface area contributed by atoms with E-state index in [0.29, 0.717) is 32.7 Å². The summed E-state index contributed by atoms with van der Waals surface area (Å²) < 4.78 is 10.6. The van der Waals surface area contributed by atoms with Crippen LogP contribution in [0, 0.1) is 0 Å². The Morgan fingerprint density at radius 1 is 1.20 bits per heavy atom. The molecule has 158 valence electrons. The monoisotopic (exact) mass is 447 g/mol. The van der Waals surface area contributed by atoms with E-state index in [1.165, 1.54) is 7.11 Å². The van der Waals surface area contributed by atoms with E-state index in [1.54, 1.807) is 48.4 Å². The number of nitrogens with zero attached hydrogens (tertiary/aromatic N) is 1. The Morgan fingerprint density at radius 3 is 2.60 bits per heavy atom. The Bertz CT molecular complexity index is 1120. The molecule has 0 aliphatic rings. The van der Waals surface area contributed by atoms with Gasteiger partial charge in [-0.2, -0.15) is 0 Å². The zero-order valence-electron chi connectivity index (χ0n) is 16.6. The second kappa shape index (κ2) is 9.80. The summed E-state index contributed by atoms with van der Waals surface area (Å²) in [6.07, 6.45) is 0. The maximum Gasteiger partial charge on any atom is 0.253 e. The number of halogens is 1. The van der Waals surface area contributed by atoms with E-state index in [0.717, 1.165) is 11.1 Å². The van der Waals surface area contributed by atoms with Crippen LogP contribution in [0.1, 0.15) is 5.56 Å². The molecule has 0 unspecified atom stereocenters. The molecule has 1 heterocycles. The summed E-state index contributed by atoms with van der Waals surface area (Å²) >= 11 is 11.5. The molecule has 0 bridgehead atoms. The molecule has 3 N–H and O–H groups in total. The molecule has 3 rings (SSSR count). The van der Waals surface area contributed by atoms with Gasteiger partial charge in [-0.1, -0.05) is 17.7 Å². The van der Waals surface area contributed by atoms with Crippen LogP contribution in [0.4, 0.5) is 5.69 Å². The fraction of sp³-hybridized carbons (Fsp3) is 0.238. The number of aliphatic hydroxyl groups is 1. The molecule has 30 heavy (non-hydrogen) atoms. The molecule has 0 atom stereocenters. The normalized spacial score (nSPS) is 10.7. The van der Waals surface area contributed by atoms with Crippen molar-refractivity contribution in [2.24, 2.45) is 0 Å².